The fourth-order valence-corrected chi connectivity index (χ4v) is 5.91. The highest BCUT2D eigenvalue weighted by atomic mass is 16.6. The zero-order chi connectivity index (χ0) is 40.9. The Kier molecular flexibility index (Phi) is 22.4. The second kappa shape index (κ2) is 27.9. The molecule has 10 heteroatoms. The maximum absolute atomic E-state index is 13.5. The van der Waals surface area contributed by atoms with Gasteiger partial charge in [-0.3, -0.25) is 9.59 Å². The monoisotopic (exact) mass is 775 g/mol. The summed E-state index contributed by atoms with van der Waals surface area (Å²) >= 11 is 0. The molecule has 0 bridgehead atoms. The number of amides is 1. The number of nitrogens with one attached hydrogen (secondary N) is 1. The number of aromatic nitrogens is 4. The largest absolute Gasteiger partial charge is 0.462 e. The van der Waals surface area contributed by atoms with Crippen molar-refractivity contribution in [2.75, 3.05) is 13.2 Å². The van der Waals surface area contributed by atoms with Gasteiger partial charge in [-0.05, 0) is 72.8 Å². The fraction of sp³-hybridized carbons (Fsp3) is 0.404. The number of ether oxygens (including phenoxy) is 2. The molecule has 0 aliphatic rings. The third-order valence-corrected chi connectivity index (χ3v) is 8.88. The van der Waals surface area contributed by atoms with Crippen LogP contribution in [-0.4, -0.2) is 62.6 Å². The van der Waals surface area contributed by atoms with Crippen molar-refractivity contribution >= 4 is 17.8 Å². The van der Waals surface area contributed by atoms with Crippen LogP contribution in [0.15, 0.2) is 121 Å². The number of carbonyl (C=O) groups excluding carboxylic acids is 3. The maximum atomic E-state index is 13.5. The molecule has 1 aromatic heterocycles. The molecule has 0 unspecified atom stereocenters. The Hall–Kier alpha value is -5.64. The predicted octanol–water partition coefficient (Wildman–Crippen LogP) is 10.3. The number of aromatic amines is 1. The quantitative estimate of drug-likeness (QED) is 0.0485. The molecule has 0 aliphatic heterocycles. The molecule has 0 aliphatic carbocycles. The number of carbonyl (C=O) groups is 3. The number of rotatable bonds is 26. The molecule has 0 saturated carbocycles. The van der Waals surface area contributed by atoms with Crippen LogP contribution in [0.5, 0.6) is 0 Å². The zero-order valence-electron chi connectivity index (χ0n) is 34.2. The van der Waals surface area contributed by atoms with E-state index in [9.17, 15) is 14.4 Å². The Morgan fingerprint density at radius 3 is 1.82 bits per heavy atom. The maximum Gasteiger partial charge on any atom is 0.329 e. The lowest BCUT2D eigenvalue weighted by Crippen LogP contribution is -2.48. The van der Waals surface area contributed by atoms with Crippen molar-refractivity contribution in [2.45, 2.75) is 104 Å². The number of unbranched alkanes of at least 4 members (excludes halogenated alkanes) is 1. The Bertz CT molecular complexity index is 1790. The van der Waals surface area contributed by atoms with Gasteiger partial charge in [0.1, 0.15) is 19.3 Å². The van der Waals surface area contributed by atoms with Crippen LogP contribution in [0, 0.1) is 5.92 Å². The number of H-pyrrole nitrogens is 1. The summed E-state index contributed by atoms with van der Waals surface area (Å²) in [6, 6.07) is 14.9. The number of esters is 2. The number of allylic oxidation sites excluding steroid dienone is 11. The number of benzene rings is 2. The highest BCUT2D eigenvalue weighted by molar-refractivity contribution is 5.85. The fourth-order valence-electron chi connectivity index (χ4n) is 5.91. The molecule has 0 spiro atoms. The summed E-state index contributed by atoms with van der Waals surface area (Å²) in [4.78, 5) is 40.9. The van der Waals surface area contributed by atoms with Crippen LogP contribution in [-0.2, 0) is 30.4 Å². The van der Waals surface area contributed by atoms with Gasteiger partial charge < -0.3 is 14.4 Å². The first-order valence-corrected chi connectivity index (χ1v) is 20.3. The molecule has 0 saturated heterocycles. The molecule has 304 valence electrons. The van der Waals surface area contributed by atoms with E-state index in [1.807, 2.05) is 75.4 Å². The Balaban J connectivity index is 1.43. The highest BCUT2D eigenvalue weighted by Gasteiger charge is 2.33. The van der Waals surface area contributed by atoms with Crippen molar-refractivity contribution in [3.8, 4) is 22.5 Å². The van der Waals surface area contributed by atoms with E-state index in [1.165, 1.54) is 0 Å². The average Bonchev–Trinajstić information content (AvgIpc) is 3.76. The molecule has 0 radical (unpaired) electrons. The zero-order valence-corrected chi connectivity index (χ0v) is 34.2. The number of hydrogen-bond acceptors (Lipinski definition) is 8. The standard InChI is InChI=1S/C47H61N5O5/c1-5-7-9-10-11-12-13-14-15-16-17-18-19-20-21-22-23-24-30-44(54)56-35-36-57-47(55)45(38(3)4)52(43(53)29-8-6-2)37-39-31-33-40(34-32-39)41-27-25-26-28-42(41)46-48-50-51-49-46/h7,9,11-12,14-15,17-18,20-21,23-28,31-34,38,45H,5-6,8,10,13,16,19,22,29-30,35-37H2,1-4H3,(H,48,49,50,51)/b9-7-,12-11-,15-14-,18-17-,21-20-,24-23-/t45-/m0/s1. The lowest BCUT2D eigenvalue weighted by molar-refractivity contribution is -0.161. The van der Waals surface area contributed by atoms with Crippen molar-refractivity contribution in [1.82, 2.24) is 25.5 Å². The van der Waals surface area contributed by atoms with Crippen molar-refractivity contribution < 1.29 is 23.9 Å². The molecule has 3 aromatic rings. The number of nitrogens with zero attached hydrogens (tertiary/aromatic N) is 4. The summed E-state index contributed by atoms with van der Waals surface area (Å²) < 4.78 is 10.9. The van der Waals surface area contributed by atoms with Gasteiger partial charge in [0.2, 0.25) is 11.7 Å². The molecule has 1 atom stereocenters. The first kappa shape index (κ1) is 45.7. The van der Waals surface area contributed by atoms with Crippen LogP contribution in [0.3, 0.4) is 0 Å². The topological polar surface area (TPSA) is 127 Å². The van der Waals surface area contributed by atoms with Crippen molar-refractivity contribution in [3.05, 3.63) is 127 Å². The molecule has 3 rings (SSSR count). The smallest absolute Gasteiger partial charge is 0.329 e. The number of tetrazole rings is 1. The van der Waals surface area contributed by atoms with E-state index in [2.05, 4.69) is 88.3 Å². The first-order valence-electron chi connectivity index (χ1n) is 20.3. The third kappa shape index (κ3) is 17.8. The minimum Gasteiger partial charge on any atom is -0.462 e. The van der Waals surface area contributed by atoms with Gasteiger partial charge in [0.25, 0.3) is 0 Å². The summed E-state index contributed by atoms with van der Waals surface area (Å²) in [5, 5.41) is 14.5. The van der Waals surface area contributed by atoms with Gasteiger partial charge in [-0.2, -0.15) is 5.21 Å². The molecule has 0 fully saturated rings. The Morgan fingerprint density at radius 1 is 0.719 bits per heavy atom. The van der Waals surface area contributed by atoms with Gasteiger partial charge in [0.05, 0.1) is 6.42 Å². The molecule has 1 heterocycles. The van der Waals surface area contributed by atoms with Gasteiger partial charge in [0, 0.05) is 18.5 Å². The van der Waals surface area contributed by atoms with Crippen molar-refractivity contribution in [1.29, 1.82) is 0 Å². The van der Waals surface area contributed by atoms with E-state index in [4.69, 9.17) is 9.47 Å². The summed E-state index contributed by atoms with van der Waals surface area (Å²) in [5.74, 6) is -0.735. The van der Waals surface area contributed by atoms with Crippen LogP contribution in [0.1, 0.15) is 97.5 Å². The minimum absolute atomic E-state index is 0.0609. The summed E-state index contributed by atoms with van der Waals surface area (Å²) in [7, 11) is 0. The van der Waals surface area contributed by atoms with Crippen LogP contribution < -0.4 is 0 Å². The normalized spacial score (nSPS) is 12.6. The predicted molar refractivity (Wildman–Crippen MR) is 229 cm³/mol. The molecular weight excluding hydrogens is 715 g/mol. The molecule has 10 nitrogen and oxygen atoms in total. The van der Waals surface area contributed by atoms with Gasteiger partial charge in [-0.15, -0.1) is 10.2 Å². The second-order valence-corrected chi connectivity index (χ2v) is 13.8. The molecule has 1 N–H and O–H groups in total. The molecular formula is C47H61N5O5. The molecule has 2 aromatic carbocycles. The van der Waals surface area contributed by atoms with Crippen LogP contribution in [0.4, 0.5) is 0 Å². The van der Waals surface area contributed by atoms with Crippen LogP contribution in [0.2, 0.25) is 0 Å². The second-order valence-electron chi connectivity index (χ2n) is 13.8. The van der Waals surface area contributed by atoms with Crippen LogP contribution >= 0.6 is 0 Å². The highest BCUT2D eigenvalue weighted by Crippen LogP contribution is 2.30. The van der Waals surface area contributed by atoms with Gasteiger partial charge in [-0.25, -0.2) is 4.79 Å². The Labute approximate surface area is 339 Å². The summed E-state index contributed by atoms with van der Waals surface area (Å²) in [6.07, 6.45) is 32.9. The molecule has 57 heavy (non-hydrogen) atoms. The lowest BCUT2D eigenvalue weighted by Gasteiger charge is -2.33. The van der Waals surface area contributed by atoms with E-state index in [0.717, 1.165) is 67.2 Å². The number of hydrogen-bond donors (Lipinski definition) is 1. The van der Waals surface area contributed by atoms with E-state index in [0.29, 0.717) is 18.7 Å². The van der Waals surface area contributed by atoms with Gasteiger partial charge in [-0.1, -0.05) is 156 Å². The van der Waals surface area contributed by atoms with Gasteiger partial charge in [0.15, 0.2) is 0 Å². The summed E-state index contributed by atoms with van der Waals surface area (Å²) in [5.41, 5.74) is 3.63. The SMILES string of the molecule is CC/C=C\C/C=C\C/C=C\C/C=C\C/C=C\C/C=C\CC(=O)OCCOC(=O)[C@H](C(C)C)N(Cc1ccc(-c2ccccc2-c2nn[nH]n2)cc1)C(=O)CCCC. The summed E-state index contributed by atoms with van der Waals surface area (Å²) in [6.45, 7) is 8.06. The van der Waals surface area contributed by atoms with Crippen molar-refractivity contribution in [2.24, 2.45) is 5.92 Å². The third-order valence-electron chi connectivity index (χ3n) is 8.88. The first-order chi connectivity index (χ1) is 27.8. The Morgan fingerprint density at radius 2 is 1.28 bits per heavy atom. The van der Waals surface area contributed by atoms with E-state index in [-0.39, 0.29) is 38.0 Å². The van der Waals surface area contributed by atoms with E-state index >= 15 is 0 Å². The minimum atomic E-state index is -0.803. The lowest BCUT2D eigenvalue weighted by atomic mass is 9.97. The van der Waals surface area contributed by atoms with Crippen LogP contribution in [0.25, 0.3) is 22.5 Å². The average molecular weight is 776 g/mol. The van der Waals surface area contributed by atoms with Crippen molar-refractivity contribution in [3.63, 3.8) is 0 Å². The molecule has 1 amide bonds. The van der Waals surface area contributed by atoms with E-state index in [1.54, 1.807) is 11.0 Å². The van der Waals surface area contributed by atoms with Gasteiger partial charge >= 0.3 is 11.9 Å². The van der Waals surface area contributed by atoms with E-state index < -0.39 is 18.0 Å².